The van der Waals surface area contributed by atoms with Crippen molar-refractivity contribution in [2.24, 2.45) is 0 Å². The number of nitriles is 1. The minimum Gasteiger partial charge on any atom is -0.383 e. The number of nitrogens with zero attached hydrogens (tertiary/aromatic N) is 2. The molecule has 1 fully saturated rings. The fourth-order valence-corrected chi connectivity index (χ4v) is 5.91. The van der Waals surface area contributed by atoms with Gasteiger partial charge in [-0.25, -0.2) is 13.1 Å². The maximum Gasteiger partial charge on any atom is 0.250 e. The number of hydrogen-bond acceptors (Lipinski definition) is 6. The molecule has 2 aromatic carbocycles. The average Bonchev–Trinajstić information content (AvgIpc) is 3.31. The van der Waals surface area contributed by atoms with Gasteiger partial charge < -0.3 is 9.64 Å². The first kappa shape index (κ1) is 23.5. The highest BCUT2D eigenvalue weighted by Crippen LogP contribution is 2.33. The summed E-state index contributed by atoms with van der Waals surface area (Å²) < 4.78 is 31.9. The van der Waals surface area contributed by atoms with Crippen LogP contribution in [0, 0.1) is 11.3 Å². The fraction of sp³-hybridized carbons (Fsp3) is 0.320. The van der Waals surface area contributed by atoms with E-state index in [4.69, 9.17) is 4.74 Å². The van der Waals surface area contributed by atoms with Crippen molar-refractivity contribution in [2.45, 2.75) is 19.3 Å². The summed E-state index contributed by atoms with van der Waals surface area (Å²) in [5.74, 6) is 0. The molecule has 0 radical (unpaired) electrons. The Labute approximate surface area is 199 Å². The molecule has 33 heavy (non-hydrogen) atoms. The van der Waals surface area contributed by atoms with Gasteiger partial charge in [-0.15, -0.1) is 11.3 Å². The van der Waals surface area contributed by atoms with Crippen molar-refractivity contribution in [3.05, 3.63) is 58.3 Å². The Balaban J connectivity index is 1.55. The summed E-state index contributed by atoms with van der Waals surface area (Å²) in [6.45, 7) is 2.60. The summed E-state index contributed by atoms with van der Waals surface area (Å²) in [6.07, 6.45) is 5.24. The number of ether oxygens (including phenoxy) is 1. The number of methoxy groups -OCH3 is 1. The number of anilines is 1. The van der Waals surface area contributed by atoms with Gasteiger partial charge in [-0.05, 0) is 72.0 Å². The summed E-state index contributed by atoms with van der Waals surface area (Å²) in [5.41, 5.74) is 2.35. The zero-order chi connectivity index (χ0) is 23.3. The van der Waals surface area contributed by atoms with Crippen LogP contribution in [0.3, 0.4) is 0 Å². The largest absolute Gasteiger partial charge is 0.383 e. The summed E-state index contributed by atoms with van der Waals surface area (Å²) in [7, 11) is -2.38. The zero-order valence-electron chi connectivity index (χ0n) is 18.6. The molecular formula is C25H27N3O3S2. The van der Waals surface area contributed by atoms with E-state index in [1.54, 1.807) is 6.07 Å². The lowest BCUT2D eigenvalue weighted by Gasteiger charge is -2.29. The highest BCUT2D eigenvalue weighted by Gasteiger charge is 2.17. The number of thiophene rings is 1. The predicted octanol–water partition coefficient (Wildman–Crippen LogP) is 4.99. The van der Waals surface area contributed by atoms with E-state index in [2.05, 4.69) is 46.0 Å². The van der Waals surface area contributed by atoms with Crippen molar-refractivity contribution in [2.75, 3.05) is 38.3 Å². The molecule has 0 aliphatic carbocycles. The summed E-state index contributed by atoms with van der Waals surface area (Å²) in [5, 5.41) is 11.7. The number of nitrogens with one attached hydrogen (secondary N) is 1. The van der Waals surface area contributed by atoms with Gasteiger partial charge in [0.05, 0.1) is 6.61 Å². The molecule has 8 heteroatoms. The molecule has 1 aromatic heterocycles. The SMILES string of the molecule is COCCNS(=O)(=O)/C(C#N)=C/c1ccc(-c2ccc3cc(N4CCCCC4)ccc3c2)s1. The van der Waals surface area contributed by atoms with E-state index in [1.165, 1.54) is 60.2 Å². The lowest BCUT2D eigenvalue weighted by Crippen LogP contribution is -2.29. The number of fused-ring (bicyclic) bond motifs is 1. The Kier molecular flexibility index (Phi) is 7.46. The first-order valence-corrected chi connectivity index (χ1v) is 13.3. The van der Waals surface area contributed by atoms with E-state index in [9.17, 15) is 13.7 Å². The van der Waals surface area contributed by atoms with Crippen molar-refractivity contribution in [3.8, 4) is 16.5 Å². The minimum absolute atomic E-state index is 0.115. The fourth-order valence-electron chi connectivity index (χ4n) is 3.98. The monoisotopic (exact) mass is 481 g/mol. The first-order valence-electron chi connectivity index (χ1n) is 11.0. The molecule has 6 nitrogen and oxygen atoms in total. The second kappa shape index (κ2) is 10.5. The van der Waals surface area contributed by atoms with E-state index in [0.29, 0.717) is 4.88 Å². The van der Waals surface area contributed by atoms with Crippen LogP contribution in [-0.2, 0) is 14.8 Å². The van der Waals surface area contributed by atoms with Gasteiger partial charge in [0.15, 0.2) is 4.91 Å². The van der Waals surface area contributed by atoms with Crippen LogP contribution in [0.1, 0.15) is 24.1 Å². The van der Waals surface area contributed by atoms with Gasteiger partial charge in [-0.1, -0.05) is 18.2 Å². The third kappa shape index (κ3) is 5.63. The predicted molar refractivity (Wildman–Crippen MR) is 136 cm³/mol. The second-order valence-electron chi connectivity index (χ2n) is 8.01. The van der Waals surface area contributed by atoms with E-state index in [1.807, 2.05) is 12.1 Å². The third-order valence-corrected chi connectivity index (χ3v) is 8.18. The Morgan fingerprint density at radius 2 is 1.88 bits per heavy atom. The minimum atomic E-state index is -3.87. The first-order chi connectivity index (χ1) is 16.0. The number of rotatable bonds is 8. The molecule has 1 N–H and O–H groups in total. The Morgan fingerprint density at radius 3 is 2.64 bits per heavy atom. The van der Waals surface area contributed by atoms with Crippen LogP contribution < -0.4 is 9.62 Å². The normalized spacial score (nSPS) is 15.0. The van der Waals surface area contributed by atoms with Gasteiger partial charge in [0.25, 0.3) is 10.0 Å². The highest BCUT2D eigenvalue weighted by atomic mass is 32.2. The van der Waals surface area contributed by atoms with Crippen molar-refractivity contribution in [1.29, 1.82) is 5.26 Å². The third-order valence-electron chi connectivity index (χ3n) is 5.73. The number of hydrogen-bond donors (Lipinski definition) is 1. The lowest BCUT2D eigenvalue weighted by molar-refractivity contribution is 0.204. The van der Waals surface area contributed by atoms with E-state index in [-0.39, 0.29) is 18.1 Å². The van der Waals surface area contributed by atoms with Gasteiger partial charge in [-0.3, -0.25) is 0 Å². The van der Waals surface area contributed by atoms with Crippen molar-refractivity contribution >= 4 is 43.9 Å². The molecule has 172 valence electrons. The standard InChI is InChI=1S/C25H27N3O3S2/c1-31-14-11-27-33(29,30)24(18-26)17-23-9-10-25(32-23)21-6-5-20-16-22(8-7-19(20)15-21)28-12-3-2-4-13-28/h5-10,15-17,27H,2-4,11-14H2,1H3/b24-17+. The van der Waals surface area contributed by atoms with E-state index < -0.39 is 10.0 Å². The Bertz CT molecular complexity index is 1300. The molecule has 1 aliphatic heterocycles. The van der Waals surface area contributed by atoms with E-state index >= 15 is 0 Å². The molecule has 1 aliphatic rings. The molecule has 0 spiro atoms. The maximum absolute atomic E-state index is 12.3. The zero-order valence-corrected chi connectivity index (χ0v) is 20.2. The van der Waals surface area contributed by atoms with Gasteiger partial charge >= 0.3 is 0 Å². The summed E-state index contributed by atoms with van der Waals surface area (Å²) in [6, 6.07) is 18.6. The molecular weight excluding hydrogens is 454 g/mol. The van der Waals surface area contributed by atoms with Crippen molar-refractivity contribution < 1.29 is 13.2 Å². The van der Waals surface area contributed by atoms with Gasteiger partial charge in [-0.2, -0.15) is 5.26 Å². The van der Waals surface area contributed by atoms with Crippen LogP contribution in [0.25, 0.3) is 27.3 Å². The van der Waals surface area contributed by atoms with Crippen LogP contribution in [0.4, 0.5) is 5.69 Å². The van der Waals surface area contributed by atoms with Crippen LogP contribution in [-0.4, -0.2) is 41.8 Å². The quantitative estimate of drug-likeness (QED) is 0.362. The van der Waals surface area contributed by atoms with Gasteiger partial charge in [0.2, 0.25) is 0 Å². The Hall–Kier alpha value is -2.70. The average molecular weight is 482 g/mol. The molecule has 0 bridgehead atoms. The number of benzene rings is 2. The summed E-state index contributed by atoms with van der Waals surface area (Å²) >= 11 is 1.46. The molecule has 2 heterocycles. The lowest BCUT2D eigenvalue weighted by atomic mass is 10.0. The highest BCUT2D eigenvalue weighted by molar-refractivity contribution is 7.93. The Morgan fingerprint density at radius 1 is 1.12 bits per heavy atom. The van der Waals surface area contributed by atoms with Crippen LogP contribution in [0.5, 0.6) is 0 Å². The molecule has 4 rings (SSSR count). The van der Waals surface area contributed by atoms with Gasteiger partial charge in [0.1, 0.15) is 6.07 Å². The van der Waals surface area contributed by atoms with Crippen LogP contribution in [0.2, 0.25) is 0 Å². The van der Waals surface area contributed by atoms with Gasteiger partial charge in [0, 0.05) is 42.2 Å². The van der Waals surface area contributed by atoms with Crippen molar-refractivity contribution in [3.63, 3.8) is 0 Å². The number of piperidine rings is 1. The molecule has 3 aromatic rings. The topological polar surface area (TPSA) is 82.4 Å². The van der Waals surface area contributed by atoms with E-state index in [0.717, 1.165) is 23.5 Å². The summed E-state index contributed by atoms with van der Waals surface area (Å²) in [4.78, 5) is 3.87. The molecule has 1 saturated heterocycles. The molecule has 0 unspecified atom stereocenters. The smallest absolute Gasteiger partial charge is 0.250 e. The maximum atomic E-state index is 12.3. The van der Waals surface area contributed by atoms with Crippen molar-refractivity contribution in [1.82, 2.24) is 4.72 Å². The number of allylic oxidation sites excluding steroid dienone is 1. The molecule has 0 saturated carbocycles. The molecule has 0 atom stereocenters. The second-order valence-corrected chi connectivity index (χ2v) is 10.9. The van der Waals surface area contributed by atoms with Crippen LogP contribution >= 0.6 is 11.3 Å². The number of sulfonamides is 1. The van der Waals surface area contributed by atoms with Crippen LogP contribution in [0.15, 0.2) is 53.4 Å². The molecule has 0 amide bonds.